The zero-order valence-electron chi connectivity index (χ0n) is 14.2. The summed E-state index contributed by atoms with van der Waals surface area (Å²) in [6, 6.07) is 7.15. The van der Waals surface area contributed by atoms with Crippen LogP contribution in [0.2, 0.25) is 0 Å². The van der Waals surface area contributed by atoms with E-state index in [0.717, 1.165) is 26.1 Å². The van der Waals surface area contributed by atoms with Gasteiger partial charge in [-0.3, -0.25) is 14.2 Å². The third-order valence-corrected chi connectivity index (χ3v) is 4.54. The molecule has 2 aromatic rings. The number of nitrogens with one attached hydrogen (secondary N) is 3. The fraction of sp³-hybridized carbons (Fsp3) is 0.471. The summed E-state index contributed by atoms with van der Waals surface area (Å²) in [5, 5.41) is 3.40. The molecule has 0 aliphatic carbocycles. The number of para-hydroxylation sites is 1. The summed E-state index contributed by atoms with van der Waals surface area (Å²) < 4.78 is 1.57. The van der Waals surface area contributed by atoms with Crippen LogP contribution < -0.4 is 15.8 Å². The van der Waals surface area contributed by atoms with Crippen molar-refractivity contribution in [3.05, 3.63) is 39.4 Å². The van der Waals surface area contributed by atoms with Gasteiger partial charge in [-0.1, -0.05) is 12.1 Å². The average Bonchev–Trinajstić information content (AvgIpc) is 2.59. The van der Waals surface area contributed by atoms with Crippen molar-refractivity contribution in [2.75, 3.05) is 26.2 Å². The summed E-state index contributed by atoms with van der Waals surface area (Å²) in [5.74, 6) is -0.193. The van der Waals surface area contributed by atoms with Crippen LogP contribution in [0.1, 0.15) is 20.3 Å². The Morgan fingerprint density at radius 1 is 1.29 bits per heavy atom. The molecule has 2 rings (SSSR count). The Morgan fingerprint density at radius 2 is 2.00 bits per heavy atom. The molecule has 0 saturated heterocycles. The summed E-state index contributed by atoms with van der Waals surface area (Å²) in [5.41, 5.74) is 0.448. The molecule has 0 aliphatic rings. The van der Waals surface area contributed by atoms with E-state index in [9.17, 15) is 9.59 Å². The van der Waals surface area contributed by atoms with Crippen LogP contribution in [0.4, 0.5) is 0 Å². The van der Waals surface area contributed by atoms with E-state index in [2.05, 4.69) is 24.1 Å². The molecule has 0 spiro atoms. The van der Waals surface area contributed by atoms with Gasteiger partial charge in [0.05, 0.1) is 30.5 Å². The van der Waals surface area contributed by atoms with Crippen LogP contribution in [0.3, 0.4) is 0 Å². The standard InChI is InChI=1S/C17H24N4O2S/c1-3-20(4-2)11-7-10-18-15(22)12-21-16(23)13-8-5-6-9-14(13)19-17(21)24/h5-6,8-9H,3-4,7,10-12H2,1-2H3,(H,18,22)(H,19,24)/p+1. The van der Waals surface area contributed by atoms with E-state index < -0.39 is 0 Å². The molecule has 1 heterocycles. The number of aromatic nitrogens is 2. The lowest BCUT2D eigenvalue weighted by Crippen LogP contribution is -3.11. The number of H-pyrrole nitrogens is 1. The maximum Gasteiger partial charge on any atom is 0.262 e. The summed E-state index contributed by atoms with van der Waals surface area (Å²) >= 11 is 5.21. The predicted octanol–water partition coefficient (Wildman–Crippen LogP) is 0.490. The van der Waals surface area contributed by atoms with Crippen LogP contribution in [-0.4, -0.2) is 41.6 Å². The first-order chi connectivity index (χ1) is 11.6. The number of hydrogen-bond donors (Lipinski definition) is 3. The molecule has 7 heteroatoms. The van der Waals surface area contributed by atoms with Gasteiger partial charge in [0.2, 0.25) is 5.91 Å². The van der Waals surface area contributed by atoms with Crippen molar-refractivity contribution in [1.82, 2.24) is 14.9 Å². The lowest BCUT2D eigenvalue weighted by molar-refractivity contribution is -0.896. The second kappa shape index (κ2) is 8.75. The number of amides is 1. The molecule has 0 unspecified atom stereocenters. The number of hydrogen-bond acceptors (Lipinski definition) is 3. The molecular weight excluding hydrogens is 324 g/mol. The van der Waals surface area contributed by atoms with Crippen molar-refractivity contribution in [2.45, 2.75) is 26.8 Å². The Hall–Kier alpha value is -1.99. The first-order valence-corrected chi connectivity index (χ1v) is 8.79. The molecule has 0 bridgehead atoms. The number of carbonyl (C=O) groups is 1. The molecule has 0 fully saturated rings. The Bertz CT molecular complexity index is 808. The first-order valence-electron chi connectivity index (χ1n) is 8.39. The van der Waals surface area contributed by atoms with E-state index in [1.54, 1.807) is 18.2 Å². The van der Waals surface area contributed by atoms with E-state index in [1.165, 1.54) is 9.47 Å². The van der Waals surface area contributed by atoms with Crippen LogP contribution in [0.15, 0.2) is 29.1 Å². The molecular formula is C17H25N4O2S+. The van der Waals surface area contributed by atoms with Gasteiger partial charge in [-0.2, -0.15) is 0 Å². The zero-order valence-corrected chi connectivity index (χ0v) is 15.0. The van der Waals surface area contributed by atoms with Gasteiger partial charge in [0.25, 0.3) is 5.56 Å². The van der Waals surface area contributed by atoms with Crippen molar-refractivity contribution in [1.29, 1.82) is 0 Å². The van der Waals surface area contributed by atoms with E-state index in [1.807, 2.05) is 6.07 Å². The Morgan fingerprint density at radius 3 is 2.71 bits per heavy atom. The van der Waals surface area contributed by atoms with E-state index in [0.29, 0.717) is 17.4 Å². The first kappa shape index (κ1) is 18.4. The van der Waals surface area contributed by atoms with Gasteiger partial charge in [-0.15, -0.1) is 0 Å². The largest absolute Gasteiger partial charge is 0.354 e. The minimum atomic E-state index is -0.239. The van der Waals surface area contributed by atoms with Crippen molar-refractivity contribution in [3.63, 3.8) is 0 Å². The second-order valence-corrected chi connectivity index (χ2v) is 6.16. The van der Waals surface area contributed by atoms with E-state index >= 15 is 0 Å². The molecule has 1 amide bonds. The van der Waals surface area contributed by atoms with E-state index in [-0.39, 0.29) is 22.8 Å². The average molecular weight is 349 g/mol. The van der Waals surface area contributed by atoms with Gasteiger partial charge in [0, 0.05) is 13.0 Å². The van der Waals surface area contributed by atoms with Crippen LogP contribution >= 0.6 is 12.2 Å². The van der Waals surface area contributed by atoms with Crippen LogP contribution in [0.25, 0.3) is 10.9 Å². The topological polar surface area (TPSA) is 71.3 Å². The van der Waals surface area contributed by atoms with Gasteiger partial charge < -0.3 is 15.2 Å². The highest BCUT2D eigenvalue weighted by Crippen LogP contribution is 2.05. The molecule has 6 nitrogen and oxygen atoms in total. The lowest BCUT2D eigenvalue weighted by atomic mass is 10.2. The number of quaternary nitrogens is 1. The van der Waals surface area contributed by atoms with Gasteiger partial charge in [0.15, 0.2) is 4.77 Å². The normalized spacial score (nSPS) is 11.1. The minimum Gasteiger partial charge on any atom is -0.354 e. The molecule has 3 N–H and O–H groups in total. The van der Waals surface area contributed by atoms with Crippen LogP contribution in [0.5, 0.6) is 0 Å². The molecule has 0 atom stereocenters. The summed E-state index contributed by atoms with van der Waals surface area (Å²) in [7, 11) is 0. The fourth-order valence-corrected chi connectivity index (χ4v) is 2.97. The number of rotatable bonds is 8. The van der Waals surface area contributed by atoms with Gasteiger partial charge in [-0.25, -0.2) is 0 Å². The minimum absolute atomic E-state index is 0.0584. The van der Waals surface area contributed by atoms with Crippen molar-refractivity contribution in [2.24, 2.45) is 0 Å². The summed E-state index contributed by atoms with van der Waals surface area (Å²) in [6.07, 6.45) is 0.919. The smallest absolute Gasteiger partial charge is 0.262 e. The Kier molecular flexibility index (Phi) is 6.69. The van der Waals surface area contributed by atoms with Crippen molar-refractivity contribution < 1.29 is 9.69 Å². The molecule has 24 heavy (non-hydrogen) atoms. The lowest BCUT2D eigenvalue weighted by Gasteiger charge is -2.15. The van der Waals surface area contributed by atoms with Crippen molar-refractivity contribution in [3.8, 4) is 0 Å². The summed E-state index contributed by atoms with van der Waals surface area (Å²) in [6.45, 7) is 8.08. The molecule has 0 aliphatic heterocycles. The number of carbonyl (C=O) groups excluding carboxylic acids is 1. The Labute approximate surface area is 146 Å². The Balaban J connectivity index is 1.98. The van der Waals surface area contributed by atoms with Crippen molar-refractivity contribution >= 4 is 29.0 Å². The van der Waals surface area contributed by atoms with E-state index in [4.69, 9.17) is 12.2 Å². The van der Waals surface area contributed by atoms with Gasteiger partial charge in [-0.05, 0) is 38.2 Å². The second-order valence-electron chi connectivity index (χ2n) is 5.78. The monoisotopic (exact) mass is 349 g/mol. The molecule has 0 saturated carbocycles. The quantitative estimate of drug-likeness (QED) is 0.480. The van der Waals surface area contributed by atoms with Gasteiger partial charge >= 0.3 is 0 Å². The van der Waals surface area contributed by atoms with Crippen LogP contribution in [-0.2, 0) is 11.3 Å². The maximum absolute atomic E-state index is 12.5. The highest BCUT2D eigenvalue weighted by atomic mass is 32.1. The molecule has 1 aromatic carbocycles. The van der Waals surface area contributed by atoms with Gasteiger partial charge in [0.1, 0.15) is 6.54 Å². The number of benzene rings is 1. The highest BCUT2D eigenvalue weighted by Gasteiger charge is 2.09. The molecule has 130 valence electrons. The number of fused-ring (bicyclic) bond motifs is 1. The predicted molar refractivity (Wildman–Crippen MR) is 97.9 cm³/mol. The third kappa shape index (κ3) is 4.52. The maximum atomic E-state index is 12.5. The highest BCUT2D eigenvalue weighted by molar-refractivity contribution is 7.71. The molecule has 1 aromatic heterocycles. The zero-order chi connectivity index (χ0) is 17.5. The summed E-state index contributed by atoms with van der Waals surface area (Å²) in [4.78, 5) is 29.1. The van der Waals surface area contributed by atoms with Crippen LogP contribution in [0, 0.1) is 4.77 Å². The molecule has 0 radical (unpaired) electrons. The number of aromatic amines is 1. The fourth-order valence-electron chi connectivity index (χ4n) is 2.71. The number of nitrogens with zero attached hydrogens (tertiary/aromatic N) is 1. The SMILES string of the molecule is CC[NH+](CC)CCCNC(=O)Cn1c(=S)[nH]c2ccccc2c1=O. The third-order valence-electron chi connectivity index (χ3n) is 4.22.